The highest BCUT2D eigenvalue weighted by molar-refractivity contribution is 7.71. The minimum absolute atomic E-state index is 0.0161. The number of phenolic OH excluding ortho intramolecular Hbond substituents is 1. The summed E-state index contributed by atoms with van der Waals surface area (Å²) >= 11 is 5.12. The fourth-order valence-electron chi connectivity index (χ4n) is 2.06. The van der Waals surface area contributed by atoms with Crippen LogP contribution in [-0.2, 0) is 6.42 Å². The second-order valence-electron chi connectivity index (χ2n) is 4.94. The molecule has 2 N–H and O–H groups in total. The molecule has 24 heavy (non-hydrogen) atoms. The summed E-state index contributed by atoms with van der Waals surface area (Å²) in [5.41, 5.74) is -0.110. The second-order valence-corrected chi connectivity index (χ2v) is 5.33. The first-order valence-corrected chi connectivity index (χ1v) is 7.64. The Morgan fingerprint density at radius 3 is 2.96 bits per heavy atom. The summed E-state index contributed by atoms with van der Waals surface area (Å²) in [7, 11) is 1.32. The fraction of sp³-hybridized carbons (Fsp3) is 0.357. The molecular formula is C14H17N5O4S. The molecule has 0 spiro atoms. The van der Waals surface area contributed by atoms with E-state index in [1.807, 2.05) is 0 Å². The van der Waals surface area contributed by atoms with Crippen molar-refractivity contribution >= 4 is 24.1 Å². The molecule has 1 heterocycles. The summed E-state index contributed by atoms with van der Waals surface area (Å²) in [6, 6.07) is 2.36. The van der Waals surface area contributed by atoms with Gasteiger partial charge in [-0.3, -0.25) is 15.2 Å². The molecular weight excluding hydrogens is 334 g/mol. The van der Waals surface area contributed by atoms with Crippen molar-refractivity contribution in [2.45, 2.75) is 26.2 Å². The van der Waals surface area contributed by atoms with Crippen LogP contribution in [0.15, 0.2) is 17.2 Å². The number of aromatic amines is 1. The SMILES string of the molecule is CCCCc1n[nH]c(=S)n1/N=C/c1cc(O)c(OC)cc1[N+](=O)[O-]. The molecule has 0 saturated carbocycles. The Kier molecular flexibility index (Phi) is 5.64. The number of hydrogen-bond acceptors (Lipinski definition) is 7. The van der Waals surface area contributed by atoms with Gasteiger partial charge in [0.15, 0.2) is 17.3 Å². The molecule has 0 aliphatic carbocycles. The Labute approximate surface area is 142 Å². The zero-order chi connectivity index (χ0) is 17.7. The van der Waals surface area contributed by atoms with E-state index in [4.69, 9.17) is 17.0 Å². The molecule has 0 aliphatic heterocycles. The Hall–Kier alpha value is -2.75. The van der Waals surface area contributed by atoms with Crippen molar-refractivity contribution in [1.82, 2.24) is 14.9 Å². The van der Waals surface area contributed by atoms with Crippen LogP contribution >= 0.6 is 12.2 Å². The van der Waals surface area contributed by atoms with Gasteiger partial charge in [-0.25, -0.2) is 0 Å². The first-order valence-electron chi connectivity index (χ1n) is 7.24. The van der Waals surface area contributed by atoms with Gasteiger partial charge in [0.05, 0.1) is 29.9 Å². The van der Waals surface area contributed by atoms with Gasteiger partial charge in [-0.05, 0) is 24.7 Å². The number of methoxy groups -OCH3 is 1. The summed E-state index contributed by atoms with van der Waals surface area (Å²) in [6.07, 6.45) is 3.84. The Morgan fingerprint density at radius 2 is 2.33 bits per heavy atom. The number of ether oxygens (including phenoxy) is 1. The third kappa shape index (κ3) is 3.77. The zero-order valence-electron chi connectivity index (χ0n) is 13.2. The third-order valence-corrected chi connectivity index (χ3v) is 3.57. The van der Waals surface area contributed by atoms with Crippen LogP contribution in [0.3, 0.4) is 0 Å². The van der Waals surface area contributed by atoms with Crippen molar-refractivity contribution < 1.29 is 14.8 Å². The minimum atomic E-state index is -0.573. The lowest BCUT2D eigenvalue weighted by Gasteiger charge is -2.05. The van der Waals surface area contributed by atoms with Gasteiger partial charge in [0.1, 0.15) is 0 Å². The molecule has 1 aromatic carbocycles. The van der Waals surface area contributed by atoms with E-state index in [0.717, 1.165) is 18.9 Å². The fourth-order valence-corrected chi connectivity index (χ4v) is 2.26. The van der Waals surface area contributed by atoms with Crippen LogP contribution in [0, 0.1) is 14.9 Å². The van der Waals surface area contributed by atoms with Crippen molar-refractivity contribution in [2.75, 3.05) is 7.11 Å². The van der Waals surface area contributed by atoms with E-state index in [9.17, 15) is 15.2 Å². The average Bonchev–Trinajstić information content (AvgIpc) is 2.90. The molecule has 0 unspecified atom stereocenters. The summed E-state index contributed by atoms with van der Waals surface area (Å²) in [6.45, 7) is 2.05. The highest BCUT2D eigenvalue weighted by Gasteiger charge is 2.17. The monoisotopic (exact) mass is 351 g/mol. The highest BCUT2D eigenvalue weighted by Crippen LogP contribution is 2.32. The number of hydrogen-bond donors (Lipinski definition) is 2. The van der Waals surface area contributed by atoms with Crippen LogP contribution in [0.4, 0.5) is 5.69 Å². The maximum Gasteiger partial charge on any atom is 0.282 e. The van der Waals surface area contributed by atoms with Crippen LogP contribution in [-0.4, -0.2) is 38.2 Å². The lowest BCUT2D eigenvalue weighted by atomic mass is 10.1. The number of aryl methyl sites for hydroxylation is 1. The lowest BCUT2D eigenvalue weighted by molar-refractivity contribution is -0.385. The van der Waals surface area contributed by atoms with Crippen molar-refractivity contribution in [3.05, 3.63) is 38.4 Å². The number of H-pyrrole nitrogens is 1. The van der Waals surface area contributed by atoms with E-state index < -0.39 is 4.92 Å². The van der Waals surface area contributed by atoms with Crippen molar-refractivity contribution in [3.63, 3.8) is 0 Å². The quantitative estimate of drug-likeness (QED) is 0.343. The highest BCUT2D eigenvalue weighted by atomic mass is 32.1. The Bertz CT molecular complexity index is 827. The van der Waals surface area contributed by atoms with Gasteiger partial charge in [-0.15, -0.1) is 0 Å². The Balaban J connectivity index is 2.42. The number of nitro benzene ring substituents is 1. The molecule has 0 radical (unpaired) electrons. The van der Waals surface area contributed by atoms with Crippen molar-refractivity contribution in [2.24, 2.45) is 5.10 Å². The van der Waals surface area contributed by atoms with Gasteiger partial charge in [0.25, 0.3) is 5.69 Å². The maximum atomic E-state index is 11.2. The number of unbranched alkanes of at least 4 members (excludes halogenated alkanes) is 1. The molecule has 0 amide bonds. The van der Waals surface area contributed by atoms with Crippen LogP contribution in [0.25, 0.3) is 0 Å². The number of benzene rings is 1. The molecule has 1 aromatic heterocycles. The third-order valence-electron chi connectivity index (χ3n) is 3.31. The number of rotatable bonds is 7. The number of nitrogens with one attached hydrogen (secondary N) is 1. The van der Waals surface area contributed by atoms with Crippen LogP contribution in [0.2, 0.25) is 0 Å². The second kappa shape index (κ2) is 7.68. The predicted octanol–water partition coefficient (Wildman–Crippen LogP) is 2.79. The molecule has 9 nitrogen and oxygen atoms in total. The van der Waals surface area contributed by atoms with Gasteiger partial charge in [-0.2, -0.15) is 14.9 Å². The van der Waals surface area contributed by atoms with Gasteiger partial charge in [0, 0.05) is 6.42 Å². The standard InChI is InChI=1S/C14H17N5O4S/c1-3-4-5-13-16-17-14(24)18(13)15-8-9-6-11(20)12(23-2)7-10(9)19(21)22/h6-8,20H,3-5H2,1-2H3,(H,17,24)/b15-8+. The molecule has 128 valence electrons. The predicted molar refractivity (Wildman–Crippen MR) is 90.3 cm³/mol. The maximum absolute atomic E-state index is 11.2. The van der Waals surface area contributed by atoms with Crippen molar-refractivity contribution in [3.8, 4) is 11.5 Å². The summed E-state index contributed by atoms with van der Waals surface area (Å²) in [5.74, 6) is 0.437. The first kappa shape index (κ1) is 17.6. The van der Waals surface area contributed by atoms with Crippen molar-refractivity contribution in [1.29, 1.82) is 0 Å². The summed E-state index contributed by atoms with van der Waals surface area (Å²) in [4.78, 5) is 10.6. The Morgan fingerprint density at radius 1 is 1.58 bits per heavy atom. The van der Waals surface area contributed by atoms with Gasteiger partial charge in [-0.1, -0.05) is 13.3 Å². The van der Waals surface area contributed by atoms with E-state index in [1.54, 1.807) is 0 Å². The van der Waals surface area contributed by atoms with Crippen LogP contribution in [0.1, 0.15) is 31.2 Å². The van der Waals surface area contributed by atoms with Crippen LogP contribution < -0.4 is 4.74 Å². The number of nitrogens with zero attached hydrogens (tertiary/aromatic N) is 4. The number of nitro groups is 1. The molecule has 0 aliphatic rings. The van der Waals surface area contributed by atoms with Gasteiger partial charge in [0.2, 0.25) is 4.77 Å². The molecule has 10 heteroatoms. The van der Waals surface area contributed by atoms with E-state index in [2.05, 4.69) is 22.2 Å². The molecule has 2 aromatic rings. The number of aromatic nitrogens is 3. The number of phenols is 1. The van der Waals surface area contributed by atoms with Gasteiger partial charge >= 0.3 is 0 Å². The van der Waals surface area contributed by atoms with E-state index >= 15 is 0 Å². The number of aromatic hydroxyl groups is 1. The molecule has 0 atom stereocenters. The zero-order valence-corrected chi connectivity index (χ0v) is 14.0. The minimum Gasteiger partial charge on any atom is -0.504 e. The van der Waals surface area contributed by atoms with Crippen LogP contribution in [0.5, 0.6) is 11.5 Å². The first-order chi connectivity index (χ1) is 11.5. The lowest BCUT2D eigenvalue weighted by Crippen LogP contribution is -2.01. The summed E-state index contributed by atoms with van der Waals surface area (Å²) < 4.78 is 6.59. The molecule has 0 fully saturated rings. The molecule has 0 saturated heterocycles. The van der Waals surface area contributed by atoms with E-state index in [1.165, 1.54) is 24.1 Å². The largest absolute Gasteiger partial charge is 0.504 e. The van der Waals surface area contributed by atoms with Gasteiger partial charge < -0.3 is 9.84 Å². The topological polar surface area (TPSA) is 119 Å². The van der Waals surface area contributed by atoms with E-state index in [-0.39, 0.29) is 27.5 Å². The molecule has 0 bridgehead atoms. The summed E-state index contributed by atoms with van der Waals surface area (Å²) in [5, 5.41) is 31.9. The smallest absolute Gasteiger partial charge is 0.282 e. The average molecular weight is 351 g/mol. The van der Waals surface area contributed by atoms with E-state index in [0.29, 0.717) is 12.2 Å². The normalized spacial score (nSPS) is 11.1. The molecule has 2 rings (SSSR count).